The molecule has 3 aromatic rings. The number of methoxy groups -OCH3 is 1. The Balaban J connectivity index is 1.75. The Morgan fingerprint density at radius 3 is 2.42 bits per heavy atom. The Hall–Kier alpha value is -3.13. The Kier molecular flexibility index (Phi) is 8.27. The van der Waals surface area contributed by atoms with Crippen molar-refractivity contribution >= 4 is 23.5 Å². The number of hydrogen-bond donors (Lipinski definition) is 1. The van der Waals surface area contributed by atoms with Gasteiger partial charge in [-0.15, -0.1) is 10.2 Å². The van der Waals surface area contributed by atoms with Gasteiger partial charge in [-0.3, -0.25) is 9.59 Å². The van der Waals surface area contributed by atoms with E-state index in [-0.39, 0.29) is 29.4 Å². The number of nitrogens with zero attached hydrogens (tertiary/aromatic N) is 3. The number of ether oxygens (including phenoxy) is 1. The van der Waals surface area contributed by atoms with Crippen molar-refractivity contribution in [1.82, 2.24) is 20.1 Å². The summed E-state index contributed by atoms with van der Waals surface area (Å²) in [7, 11) is 1.59. The summed E-state index contributed by atoms with van der Waals surface area (Å²) in [5, 5.41) is 12.5. The Bertz CT molecular complexity index is 1110. The summed E-state index contributed by atoms with van der Waals surface area (Å²) in [6, 6.07) is 14.2. The van der Waals surface area contributed by atoms with Crippen molar-refractivity contribution in [3.8, 4) is 5.75 Å². The van der Waals surface area contributed by atoms with Crippen LogP contribution in [0.3, 0.4) is 0 Å². The number of aromatic nitrogens is 3. The molecule has 0 saturated heterocycles. The van der Waals surface area contributed by atoms with Crippen molar-refractivity contribution in [1.29, 1.82) is 0 Å². The molecular weight excluding hydrogens is 436 g/mol. The van der Waals surface area contributed by atoms with Crippen LogP contribution in [0.15, 0.2) is 53.7 Å². The van der Waals surface area contributed by atoms with Gasteiger partial charge in [0.15, 0.2) is 16.8 Å². The summed E-state index contributed by atoms with van der Waals surface area (Å²) in [5.74, 6) is 1.60. The first-order valence-corrected chi connectivity index (χ1v) is 11.9. The molecule has 33 heavy (non-hydrogen) atoms. The first kappa shape index (κ1) is 24.5. The number of hydrogen-bond acceptors (Lipinski definition) is 6. The highest BCUT2D eigenvalue weighted by Gasteiger charge is 2.26. The normalized spacial score (nSPS) is 11.9. The summed E-state index contributed by atoms with van der Waals surface area (Å²) in [6.07, 6.45) is 0. The molecular formula is C25H30N4O3S. The van der Waals surface area contributed by atoms with Crippen LogP contribution in [-0.4, -0.2) is 39.3 Å². The van der Waals surface area contributed by atoms with Gasteiger partial charge < -0.3 is 14.6 Å². The second kappa shape index (κ2) is 11.1. The van der Waals surface area contributed by atoms with Gasteiger partial charge in [0.2, 0.25) is 0 Å². The number of Topliss-reactive ketones (excluding diaryl/α,β-unsaturated/α-hetero) is 1. The van der Waals surface area contributed by atoms with Crippen LogP contribution in [0.5, 0.6) is 5.75 Å². The molecule has 0 fully saturated rings. The van der Waals surface area contributed by atoms with E-state index in [4.69, 9.17) is 4.74 Å². The zero-order valence-electron chi connectivity index (χ0n) is 19.7. The molecule has 0 spiro atoms. The van der Waals surface area contributed by atoms with Gasteiger partial charge in [0.25, 0.3) is 5.91 Å². The van der Waals surface area contributed by atoms with Gasteiger partial charge in [-0.2, -0.15) is 0 Å². The number of nitrogens with one attached hydrogen (secondary N) is 1. The first-order chi connectivity index (χ1) is 15.8. The van der Waals surface area contributed by atoms with Gasteiger partial charge in [-0.05, 0) is 56.2 Å². The molecule has 3 rings (SSSR count). The van der Waals surface area contributed by atoms with Crippen LogP contribution in [-0.2, 0) is 6.54 Å². The van der Waals surface area contributed by atoms with Gasteiger partial charge in [-0.1, -0.05) is 43.3 Å². The highest BCUT2D eigenvalue weighted by atomic mass is 32.2. The summed E-state index contributed by atoms with van der Waals surface area (Å²) < 4.78 is 7.11. The highest BCUT2D eigenvalue weighted by molar-refractivity contribution is 7.99. The predicted octanol–water partition coefficient (Wildman–Crippen LogP) is 4.72. The van der Waals surface area contributed by atoms with Crippen LogP contribution in [0.25, 0.3) is 0 Å². The quantitative estimate of drug-likeness (QED) is 0.344. The summed E-state index contributed by atoms with van der Waals surface area (Å²) in [4.78, 5) is 25.5. The fourth-order valence-electron chi connectivity index (χ4n) is 3.46. The molecule has 0 saturated carbocycles. The van der Waals surface area contributed by atoms with E-state index >= 15 is 0 Å². The van der Waals surface area contributed by atoms with Crippen LogP contribution >= 0.6 is 11.8 Å². The van der Waals surface area contributed by atoms with Crippen molar-refractivity contribution in [3.63, 3.8) is 0 Å². The minimum absolute atomic E-state index is 0.00279. The van der Waals surface area contributed by atoms with Crippen molar-refractivity contribution < 1.29 is 14.3 Å². The van der Waals surface area contributed by atoms with Crippen molar-refractivity contribution in [2.24, 2.45) is 5.92 Å². The lowest BCUT2D eigenvalue weighted by Crippen LogP contribution is -2.33. The average molecular weight is 467 g/mol. The van der Waals surface area contributed by atoms with E-state index in [1.54, 1.807) is 37.4 Å². The molecule has 0 radical (unpaired) electrons. The minimum Gasteiger partial charge on any atom is -0.497 e. The topological polar surface area (TPSA) is 86.1 Å². The fraction of sp³-hybridized carbons (Fsp3) is 0.360. The standard InChI is InChI=1S/C25H30N4O3S/c1-6-29-23(22(16(2)3)26-24(31)19-9-7-8-17(4)14-19)27-28-25(29)33-15-21(30)18-10-12-20(32-5)13-11-18/h7-14,16,22H,6,15H2,1-5H3,(H,26,31). The molecule has 1 amide bonds. The Labute approximate surface area is 198 Å². The molecule has 0 aliphatic rings. The zero-order chi connectivity index (χ0) is 24.0. The maximum Gasteiger partial charge on any atom is 0.251 e. The van der Waals surface area contributed by atoms with Crippen molar-refractivity contribution in [2.75, 3.05) is 12.9 Å². The average Bonchev–Trinajstić information content (AvgIpc) is 3.23. The largest absolute Gasteiger partial charge is 0.497 e. The zero-order valence-corrected chi connectivity index (χ0v) is 20.5. The first-order valence-electron chi connectivity index (χ1n) is 10.9. The fourth-order valence-corrected chi connectivity index (χ4v) is 4.37. The van der Waals surface area contributed by atoms with Crippen LogP contribution in [0, 0.1) is 12.8 Å². The van der Waals surface area contributed by atoms with Gasteiger partial charge in [0.1, 0.15) is 5.75 Å². The lowest BCUT2D eigenvalue weighted by molar-refractivity contribution is 0.0921. The number of aryl methyl sites for hydroxylation is 1. The molecule has 2 aromatic carbocycles. The number of rotatable bonds is 10. The second-order valence-electron chi connectivity index (χ2n) is 8.09. The second-order valence-corrected chi connectivity index (χ2v) is 9.03. The van der Waals surface area contributed by atoms with Crippen LogP contribution < -0.4 is 10.1 Å². The molecule has 7 nitrogen and oxygen atoms in total. The number of carbonyl (C=O) groups excluding carboxylic acids is 2. The maximum atomic E-state index is 12.9. The molecule has 174 valence electrons. The van der Waals surface area contributed by atoms with E-state index in [9.17, 15) is 9.59 Å². The molecule has 0 aliphatic carbocycles. The molecule has 0 aliphatic heterocycles. The van der Waals surface area contributed by atoms with Crippen molar-refractivity contribution in [2.45, 2.75) is 45.4 Å². The van der Waals surface area contributed by atoms with E-state index in [0.717, 1.165) is 5.56 Å². The molecule has 1 N–H and O–H groups in total. The maximum absolute atomic E-state index is 12.9. The highest BCUT2D eigenvalue weighted by Crippen LogP contribution is 2.26. The number of ketones is 1. The number of benzene rings is 2. The van der Waals surface area contributed by atoms with Crippen LogP contribution in [0.2, 0.25) is 0 Å². The number of amides is 1. The SMILES string of the molecule is CCn1c(SCC(=O)c2ccc(OC)cc2)nnc1C(NC(=O)c1cccc(C)c1)C(C)C. The number of thioether (sulfide) groups is 1. The molecule has 1 atom stereocenters. The van der Waals surface area contributed by atoms with E-state index in [1.807, 2.05) is 50.5 Å². The molecule has 1 heterocycles. The molecule has 1 unspecified atom stereocenters. The van der Waals surface area contributed by atoms with Crippen LogP contribution in [0.1, 0.15) is 58.9 Å². The van der Waals surface area contributed by atoms with Gasteiger partial charge >= 0.3 is 0 Å². The van der Waals surface area contributed by atoms with Gasteiger partial charge in [0, 0.05) is 17.7 Å². The van der Waals surface area contributed by atoms with Crippen molar-refractivity contribution in [3.05, 3.63) is 71.0 Å². The third-order valence-electron chi connectivity index (χ3n) is 5.32. The lowest BCUT2D eigenvalue weighted by Gasteiger charge is -2.22. The van der Waals surface area contributed by atoms with Gasteiger partial charge in [0.05, 0.1) is 18.9 Å². The lowest BCUT2D eigenvalue weighted by atomic mass is 10.0. The summed E-state index contributed by atoms with van der Waals surface area (Å²) in [6.45, 7) is 8.67. The van der Waals surface area contributed by atoms with E-state index in [1.165, 1.54) is 11.8 Å². The molecule has 0 bridgehead atoms. The summed E-state index contributed by atoms with van der Waals surface area (Å²) in [5.41, 5.74) is 2.26. The smallest absolute Gasteiger partial charge is 0.251 e. The van der Waals surface area contributed by atoms with Crippen LogP contribution in [0.4, 0.5) is 0 Å². The molecule has 1 aromatic heterocycles. The number of carbonyl (C=O) groups is 2. The Morgan fingerprint density at radius 2 is 1.82 bits per heavy atom. The minimum atomic E-state index is -0.308. The Morgan fingerprint density at radius 1 is 1.09 bits per heavy atom. The monoisotopic (exact) mass is 466 g/mol. The third-order valence-corrected chi connectivity index (χ3v) is 6.28. The van der Waals surface area contributed by atoms with Gasteiger partial charge in [-0.25, -0.2) is 0 Å². The molecule has 8 heteroatoms. The van der Waals surface area contributed by atoms with E-state index < -0.39 is 0 Å². The van der Waals surface area contributed by atoms with E-state index in [2.05, 4.69) is 15.5 Å². The summed E-state index contributed by atoms with van der Waals surface area (Å²) >= 11 is 1.35. The predicted molar refractivity (Wildman–Crippen MR) is 130 cm³/mol. The third kappa shape index (κ3) is 6.01. The van der Waals surface area contributed by atoms with E-state index in [0.29, 0.717) is 34.4 Å².